The first kappa shape index (κ1) is 21.1. The third-order valence-corrected chi connectivity index (χ3v) is 5.70. The summed E-state index contributed by atoms with van der Waals surface area (Å²) in [4.78, 5) is 6.27. The number of hydrogen-bond acceptors (Lipinski definition) is 5. The van der Waals surface area contributed by atoms with Crippen LogP contribution < -0.4 is 10.5 Å². The maximum absolute atomic E-state index is 11.6. The average molecular weight is 392 g/mol. The molecule has 0 aromatic heterocycles. The minimum atomic E-state index is -0.770. The lowest BCUT2D eigenvalue weighted by atomic mass is 9.93. The highest BCUT2D eigenvalue weighted by Crippen LogP contribution is 2.25. The Hall–Kier alpha value is -2.22. The zero-order valence-electron chi connectivity index (χ0n) is 16.2. The first-order valence-corrected chi connectivity index (χ1v) is 10.6. The smallest absolute Gasteiger partial charge is 0.120 e. The topological polar surface area (TPSA) is 116 Å². The van der Waals surface area contributed by atoms with Crippen LogP contribution in [0.1, 0.15) is 32.8 Å². The van der Waals surface area contributed by atoms with Crippen molar-refractivity contribution in [2.45, 2.75) is 33.3 Å². The molecule has 4 N–H and O–H groups in total. The van der Waals surface area contributed by atoms with E-state index in [2.05, 4.69) is 9.89 Å². The summed E-state index contributed by atoms with van der Waals surface area (Å²) < 4.78 is 17.3. The molecule has 0 spiro atoms. The number of nitrogen functional groups attached to an aromatic ring is 1. The zero-order valence-corrected chi connectivity index (χ0v) is 17.0. The molecule has 27 heavy (non-hydrogen) atoms. The molecule has 2 rings (SSSR count). The number of nitrogens with two attached hydrogens (primary N) is 1. The monoisotopic (exact) mass is 391 g/mol. The van der Waals surface area contributed by atoms with Crippen LogP contribution in [0, 0.1) is 16.7 Å². The number of benzene rings is 1. The van der Waals surface area contributed by atoms with E-state index in [-0.39, 0.29) is 12.0 Å². The van der Waals surface area contributed by atoms with Crippen molar-refractivity contribution in [2.24, 2.45) is 10.9 Å². The molecule has 1 heterocycles. The van der Waals surface area contributed by atoms with Gasteiger partial charge in [-0.1, -0.05) is 6.92 Å². The van der Waals surface area contributed by atoms with Gasteiger partial charge in [-0.15, -0.1) is 0 Å². The molecule has 0 saturated carbocycles. The molecule has 8 heteroatoms. The second-order valence-corrected chi connectivity index (χ2v) is 8.64. The Balaban J connectivity index is 2.14. The molecule has 1 aromatic rings. The summed E-state index contributed by atoms with van der Waals surface area (Å²) in [5, 5.41) is 16.0. The first-order chi connectivity index (χ1) is 12.8. The quantitative estimate of drug-likeness (QED) is 0.376. The van der Waals surface area contributed by atoms with E-state index in [4.69, 9.17) is 21.3 Å². The third kappa shape index (κ3) is 5.89. The van der Waals surface area contributed by atoms with Crippen LogP contribution in [0.2, 0.25) is 0 Å². The molecule has 1 saturated heterocycles. The van der Waals surface area contributed by atoms with Gasteiger partial charge in [0.2, 0.25) is 0 Å². The summed E-state index contributed by atoms with van der Waals surface area (Å²) in [6, 6.07) is 5.39. The predicted octanol–water partition coefficient (Wildman–Crippen LogP) is 2.52. The molecule has 1 aliphatic rings. The summed E-state index contributed by atoms with van der Waals surface area (Å²) in [6.07, 6.45) is 1.60. The highest BCUT2D eigenvalue weighted by molar-refractivity contribution is 7.85. The molecule has 0 aliphatic carbocycles. The predicted molar refractivity (Wildman–Crippen MR) is 113 cm³/mol. The van der Waals surface area contributed by atoms with Crippen molar-refractivity contribution in [3.63, 3.8) is 0 Å². The number of aliphatic imine (C=N–C) groups is 1. The molecule has 148 valence electrons. The summed E-state index contributed by atoms with van der Waals surface area (Å²) in [5.41, 5.74) is 7.72. The molecule has 0 radical (unpaired) electrons. The normalized spacial score (nSPS) is 17.0. The lowest BCUT2D eigenvalue weighted by Crippen LogP contribution is -2.42. The van der Waals surface area contributed by atoms with E-state index in [1.807, 2.05) is 32.9 Å². The summed E-state index contributed by atoms with van der Waals surface area (Å²) in [5.74, 6) is 2.55. The van der Waals surface area contributed by atoms with E-state index in [0.29, 0.717) is 53.7 Å². The highest BCUT2D eigenvalue weighted by atomic mass is 32.2. The van der Waals surface area contributed by atoms with Crippen LogP contribution >= 0.6 is 0 Å². The molecule has 1 aliphatic heterocycles. The summed E-state index contributed by atoms with van der Waals surface area (Å²) in [6.45, 7) is 7.20. The van der Waals surface area contributed by atoms with Crippen LogP contribution in [0.4, 0.5) is 5.69 Å². The largest absolute Gasteiger partial charge is 0.491 e. The molecular formula is C19H29N5O2S. The molecule has 1 aromatic carbocycles. The number of nitrogens with zero attached hydrogens (tertiary/aromatic N) is 2. The molecule has 1 fully saturated rings. The van der Waals surface area contributed by atoms with Crippen LogP contribution in [0.25, 0.3) is 0 Å². The molecule has 0 amide bonds. The zero-order chi connectivity index (χ0) is 20.0. The Kier molecular flexibility index (Phi) is 7.53. The van der Waals surface area contributed by atoms with Crippen LogP contribution in [0.5, 0.6) is 5.75 Å². The van der Waals surface area contributed by atoms with Gasteiger partial charge in [-0.2, -0.15) is 0 Å². The standard InChI is InChI=1S/C19H29N5O2S/c1-13(2)26-15-4-5-17(21)16(11-15)19(22)14(3)10-18(23-12-20)24-6-8-27(25)9-7-24/h4-5,11-14,20,22H,6-10,21H2,1-3H3. The van der Waals surface area contributed by atoms with Gasteiger partial charge in [0.1, 0.15) is 17.9 Å². The van der Waals surface area contributed by atoms with E-state index in [1.54, 1.807) is 6.07 Å². The number of anilines is 1. The Morgan fingerprint density at radius 3 is 2.63 bits per heavy atom. The van der Waals surface area contributed by atoms with Crippen LogP contribution in [0.3, 0.4) is 0 Å². The Morgan fingerprint density at radius 2 is 2.04 bits per heavy atom. The maximum atomic E-state index is 11.6. The Bertz CT molecular complexity index is 738. The van der Waals surface area contributed by atoms with Gasteiger partial charge >= 0.3 is 0 Å². The highest BCUT2D eigenvalue weighted by Gasteiger charge is 2.23. The van der Waals surface area contributed by atoms with Gasteiger partial charge in [0.15, 0.2) is 0 Å². The van der Waals surface area contributed by atoms with Crippen molar-refractivity contribution in [1.82, 2.24) is 4.90 Å². The van der Waals surface area contributed by atoms with Crippen LogP contribution in [-0.4, -0.2) is 57.7 Å². The van der Waals surface area contributed by atoms with Crippen molar-refractivity contribution in [3.8, 4) is 5.75 Å². The minimum absolute atomic E-state index is 0.0454. The van der Waals surface area contributed by atoms with Crippen molar-refractivity contribution < 1.29 is 8.95 Å². The second-order valence-electron chi connectivity index (χ2n) is 6.94. The fourth-order valence-corrected chi connectivity index (χ4v) is 4.04. The average Bonchev–Trinajstić information content (AvgIpc) is 2.62. The Labute approximate surface area is 163 Å². The summed E-state index contributed by atoms with van der Waals surface area (Å²) in [7, 11) is -0.770. The van der Waals surface area contributed by atoms with Gasteiger partial charge in [0.05, 0.1) is 6.10 Å². The van der Waals surface area contributed by atoms with Gasteiger partial charge in [-0.25, -0.2) is 4.99 Å². The molecule has 7 nitrogen and oxygen atoms in total. The van der Waals surface area contributed by atoms with Gasteiger partial charge in [0.25, 0.3) is 0 Å². The van der Waals surface area contributed by atoms with Gasteiger partial charge in [-0.3, -0.25) is 9.62 Å². The van der Waals surface area contributed by atoms with Crippen LogP contribution in [0.15, 0.2) is 23.2 Å². The fourth-order valence-electron chi connectivity index (χ4n) is 2.99. The summed E-state index contributed by atoms with van der Waals surface area (Å²) >= 11 is 0. The van der Waals surface area contributed by atoms with Crippen molar-refractivity contribution in [3.05, 3.63) is 23.8 Å². The van der Waals surface area contributed by atoms with E-state index in [9.17, 15) is 4.21 Å². The van der Waals surface area contributed by atoms with Crippen molar-refractivity contribution in [1.29, 1.82) is 10.8 Å². The van der Waals surface area contributed by atoms with E-state index < -0.39 is 10.8 Å². The number of nitrogens with one attached hydrogen (secondary N) is 2. The lowest BCUT2D eigenvalue weighted by molar-refractivity contribution is 0.242. The van der Waals surface area contributed by atoms with E-state index >= 15 is 0 Å². The maximum Gasteiger partial charge on any atom is 0.120 e. The third-order valence-electron chi connectivity index (χ3n) is 4.42. The van der Waals surface area contributed by atoms with E-state index in [0.717, 1.165) is 12.2 Å². The van der Waals surface area contributed by atoms with Crippen molar-refractivity contribution in [2.75, 3.05) is 30.3 Å². The number of amidine groups is 1. The SMILES string of the molecule is CC(C)Oc1ccc(N)c(C(=N)C(C)CC(=NC=N)N2CCS(=O)CC2)c1. The first-order valence-electron chi connectivity index (χ1n) is 9.12. The molecule has 1 atom stereocenters. The second kappa shape index (κ2) is 9.64. The van der Waals surface area contributed by atoms with Gasteiger partial charge in [0, 0.05) is 64.7 Å². The molecule has 1 unspecified atom stereocenters. The number of ether oxygens (including phenoxy) is 1. The van der Waals surface area contributed by atoms with Gasteiger partial charge in [-0.05, 0) is 32.0 Å². The Morgan fingerprint density at radius 1 is 1.37 bits per heavy atom. The van der Waals surface area contributed by atoms with Gasteiger partial charge < -0.3 is 20.8 Å². The molecular weight excluding hydrogens is 362 g/mol. The van der Waals surface area contributed by atoms with Crippen molar-refractivity contribution >= 4 is 34.4 Å². The van der Waals surface area contributed by atoms with E-state index in [1.165, 1.54) is 0 Å². The lowest BCUT2D eigenvalue weighted by Gasteiger charge is -2.30. The number of rotatable bonds is 7. The fraction of sp³-hybridized carbons (Fsp3) is 0.526. The van der Waals surface area contributed by atoms with Crippen LogP contribution in [-0.2, 0) is 10.8 Å². The number of hydrogen-bond donors (Lipinski definition) is 3. The molecule has 0 bridgehead atoms. The minimum Gasteiger partial charge on any atom is -0.491 e.